The molecule has 4 aromatic carbocycles. The van der Waals surface area contributed by atoms with Crippen LogP contribution in [0, 0.1) is 5.92 Å². The molecule has 0 bridgehead atoms. The van der Waals surface area contributed by atoms with Crippen LogP contribution in [0.3, 0.4) is 0 Å². The molecule has 2 nitrogen and oxygen atoms in total. The van der Waals surface area contributed by atoms with E-state index in [2.05, 4.69) is 108 Å². The van der Waals surface area contributed by atoms with Crippen molar-refractivity contribution in [2.45, 2.75) is 37.0 Å². The summed E-state index contributed by atoms with van der Waals surface area (Å²) in [6.07, 6.45) is 4.48. The Bertz CT molecular complexity index is 1070. The fourth-order valence-electron chi connectivity index (χ4n) is 6.12. The minimum absolute atomic E-state index is 0.230. The first-order chi connectivity index (χ1) is 17.3. The number of benzene rings is 4. The largest absolute Gasteiger partial charge is 0.508 e. The molecule has 2 heteroatoms. The standard InChI is InChI=1S/C33H35NO/c35-31-18-16-26(17-19-31)32(27-21-24-34-25-22-27)20-23-33(28-10-4-1-5-11-28,29-12-6-2-7-13-29)30-14-8-3-9-15-30/h1-19,27,32,34-35H,20-25H2. The van der Waals surface area contributed by atoms with E-state index < -0.39 is 0 Å². The second kappa shape index (κ2) is 10.9. The van der Waals surface area contributed by atoms with E-state index in [9.17, 15) is 5.11 Å². The van der Waals surface area contributed by atoms with Crippen molar-refractivity contribution in [2.75, 3.05) is 13.1 Å². The Balaban J connectivity index is 1.60. The van der Waals surface area contributed by atoms with Crippen molar-refractivity contribution in [2.24, 2.45) is 5.92 Å². The van der Waals surface area contributed by atoms with Gasteiger partial charge >= 0.3 is 0 Å². The maximum absolute atomic E-state index is 9.94. The predicted molar refractivity (Wildman–Crippen MR) is 145 cm³/mol. The van der Waals surface area contributed by atoms with Gasteiger partial charge < -0.3 is 10.4 Å². The number of piperidine rings is 1. The van der Waals surface area contributed by atoms with Crippen LogP contribution in [0.1, 0.15) is 53.9 Å². The number of phenolic OH excluding ortho intramolecular Hbond substituents is 1. The maximum atomic E-state index is 9.94. The Morgan fingerprint density at radius 2 is 1.11 bits per heavy atom. The lowest BCUT2D eigenvalue weighted by molar-refractivity contribution is 0.294. The van der Waals surface area contributed by atoms with Crippen molar-refractivity contribution in [1.82, 2.24) is 5.32 Å². The molecular formula is C33H35NO. The van der Waals surface area contributed by atoms with Gasteiger partial charge in [-0.25, -0.2) is 0 Å². The van der Waals surface area contributed by atoms with Crippen LogP contribution in [0.25, 0.3) is 0 Å². The Hall–Kier alpha value is -3.36. The zero-order valence-corrected chi connectivity index (χ0v) is 20.3. The third-order valence-electron chi connectivity index (χ3n) is 7.90. The van der Waals surface area contributed by atoms with E-state index in [0.29, 0.717) is 17.6 Å². The third kappa shape index (κ3) is 5.04. The summed E-state index contributed by atoms with van der Waals surface area (Å²) in [5.74, 6) is 1.43. The van der Waals surface area contributed by atoms with Gasteiger partial charge in [0.15, 0.2) is 0 Å². The highest BCUT2D eigenvalue weighted by Gasteiger charge is 2.37. The number of nitrogens with one attached hydrogen (secondary N) is 1. The Kier molecular flexibility index (Phi) is 7.30. The Morgan fingerprint density at radius 1 is 0.657 bits per heavy atom. The minimum Gasteiger partial charge on any atom is -0.508 e. The molecule has 1 unspecified atom stereocenters. The third-order valence-corrected chi connectivity index (χ3v) is 7.90. The lowest BCUT2D eigenvalue weighted by Crippen LogP contribution is -2.33. The molecule has 178 valence electrons. The minimum atomic E-state index is -0.230. The molecule has 1 saturated heterocycles. The Labute approximate surface area is 209 Å². The average molecular weight is 462 g/mol. The summed E-state index contributed by atoms with van der Waals surface area (Å²) in [6, 6.07) is 41.1. The summed E-state index contributed by atoms with van der Waals surface area (Å²) >= 11 is 0. The van der Waals surface area contributed by atoms with Crippen LogP contribution < -0.4 is 5.32 Å². The van der Waals surface area contributed by atoms with E-state index in [1.54, 1.807) is 0 Å². The molecule has 0 aliphatic carbocycles. The average Bonchev–Trinajstić information content (AvgIpc) is 2.94. The van der Waals surface area contributed by atoms with Crippen molar-refractivity contribution in [3.05, 3.63) is 138 Å². The molecule has 0 aromatic heterocycles. The smallest absolute Gasteiger partial charge is 0.115 e. The lowest BCUT2D eigenvalue weighted by Gasteiger charge is -2.39. The summed E-state index contributed by atoms with van der Waals surface area (Å²) < 4.78 is 0. The number of rotatable bonds is 8. The van der Waals surface area contributed by atoms with Crippen LogP contribution >= 0.6 is 0 Å². The van der Waals surface area contributed by atoms with E-state index in [-0.39, 0.29) is 5.41 Å². The topological polar surface area (TPSA) is 32.3 Å². The normalized spacial score (nSPS) is 15.5. The first-order valence-electron chi connectivity index (χ1n) is 12.9. The fourth-order valence-corrected chi connectivity index (χ4v) is 6.12. The summed E-state index contributed by atoms with van der Waals surface area (Å²) in [5.41, 5.74) is 5.13. The van der Waals surface area contributed by atoms with Gasteiger partial charge in [-0.15, -0.1) is 0 Å². The van der Waals surface area contributed by atoms with Gasteiger partial charge in [-0.1, -0.05) is 103 Å². The van der Waals surface area contributed by atoms with Gasteiger partial charge in [0.25, 0.3) is 0 Å². The van der Waals surface area contributed by atoms with Crippen LogP contribution in [0.15, 0.2) is 115 Å². The van der Waals surface area contributed by atoms with Crippen LogP contribution in [0.2, 0.25) is 0 Å². The molecule has 35 heavy (non-hydrogen) atoms. The van der Waals surface area contributed by atoms with Crippen LogP contribution in [-0.4, -0.2) is 18.2 Å². The summed E-state index contributed by atoms with van der Waals surface area (Å²) in [6.45, 7) is 2.17. The summed E-state index contributed by atoms with van der Waals surface area (Å²) in [4.78, 5) is 0. The monoisotopic (exact) mass is 461 g/mol. The van der Waals surface area contributed by atoms with Crippen LogP contribution in [-0.2, 0) is 5.41 Å². The number of phenols is 1. The highest BCUT2D eigenvalue weighted by molar-refractivity contribution is 5.50. The zero-order chi connectivity index (χ0) is 23.9. The molecule has 1 aliphatic rings. The van der Waals surface area contributed by atoms with Gasteiger partial charge in [0.2, 0.25) is 0 Å². The molecule has 2 N–H and O–H groups in total. The summed E-state index contributed by atoms with van der Waals surface area (Å²) in [7, 11) is 0. The predicted octanol–water partition coefficient (Wildman–Crippen LogP) is 7.29. The molecule has 4 aromatic rings. The molecular weight excluding hydrogens is 426 g/mol. The van der Waals surface area contributed by atoms with E-state index >= 15 is 0 Å². The zero-order valence-electron chi connectivity index (χ0n) is 20.3. The van der Waals surface area contributed by atoms with Crippen LogP contribution in [0.4, 0.5) is 0 Å². The molecule has 1 aliphatic heterocycles. The highest BCUT2D eigenvalue weighted by atomic mass is 16.3. The molecule has 0 spiro atoms. The number of hydrogen-bond donors (Lipinski definition) is 2. The fraction of sp³-hybridized carbons (Fsp3) is 0.273. The van der Waals surface area contributed by atoms with Crippen molar-refractivity contribution < 1.29 is 5.11 Å². The second-order valence-corrected chi connectivity index (χ2v) is 9.83. The molecule has 0 radical (unpaired) electrons. The molecule has 0 amide bonds. The van der Waals surface area contributed by atoms with E-state index in [1.807, 2.05) is 12.1 Å². The van der Waals surface area contributed by atoms with Crippen molar-refractivity contribution in [3.63, 3.8) is 0 Å². The molecule has 1 fully saturated rings. The number of hydrogen-bond acceptors (Lipinski definition) is 2. The summed E-state index contributed by atoms with van der Waals surface area (Å²) in [5, 5.41) is 13.5. The van der Waals surface area contributed by atoms with Gasteiger partial charge in [-0.2, -0.15) is 0 Å². The Morgan fingerprint density at radius 3 is 1.57 bits per heavy atom. The van der Waals surface area contributed by atoms with Gasteiger partial charge in [0, 0.05) is 5.41 Å². The van der Waals surface area contributed by atoms with Crippen molar-refractivity contribution in [1.29, 1.82) is 0 Å². The van der Waals surface area contributed by atoms with Gasteiger partial charge in [0.05, 0.1) is 0 Å². The van der Waals surface area contributed by atoms with Gasteiger partial charge in [-0.3, -0.25) is 0 Å². The second-order valence-electron chi connectivity index (χ2n) is 9.83. The van der Waals surface area contributed by atoms with E-state index in [0.717, 1.165) is 25.9 Å². The maximum Gasteiger partial charge on any atom is 0.115 e. The number of aromatic hydroxyl groups is 1. The molecule has 1 heterocycles. The van der Waals surface area contributed by atoms with Gasteiger partial charge in [-0.05, 0) is 85.0 Å². The molecule has 1 atom stereocenters. The molecule has 0 saturated carbocycles. The highest BCUT2D eigenvalue weighted by Crippen LogP contribution is 2.46. The van der Waals surface area contributed by atoms with E-state index in [1.165, 1.54) is 35.1 Å². The first kappa shape index (κ1) is 23.4. The van der Waals surface area contributed by atoms with Crippen LogP contribution in [0.5, 0.6) is 5.75 Å². The first-order valence-corrected chi connectivity index (χ1v) is 12.9. The van der Waals surface area contributed by atoms with Crippen molar-refractivity contribution >= 4 is 0 Å². The SMILES string of the molecule is Oc1ccc(C(CCC(c2ccccc2)(c2ccccc2)c2ccccc2)C2CCNCC2)cc1. The molecule has 5 rings (SSSR count). The van der Waals surface area contributed by atoms with Crippen molar-refractivity contribution in [3.8, 4) is 5.75 Å². The van der Waals surface area contributed by atoms with E-state index in [4.69, 9.17) is 0 Å². The quantitative estimate of drug-likeness (QED) is 0.270. The lowest BCUT2D eigenvalue weighted by atomic mass is 9.64. The van der Waals surface area contributed by atoms with Gasteiger partial charge in [0.1, 0.15) is 5.75 Å².